The third kappa shape index (κ3) is 5.67. The second kappa shape index (κ2) is 9.70. The minimum atomic E-state index is -0.194. The van der Waals surface area contributed by atoms with Crippen molar-refractivity contribution in [1.82, 2.24) is 10.2 Å². The normalized spacial score (nSPS) is 15.4. The fourth-order valence-electron chi connectivity index (χ4n) is 3.37. The molecule has 1 aliphatic rings. The van der Waals surface area contributed by atoms with E-state index in [0.717, 1.165) is 50.3 Å². The number of carbonyl (C=O) groups excluding carboxylic acids is 1. The standard InChI is InChI=1S/C22H26ClN3O/c1-2-12-26-13-10-18(11-14-26)24-16-17-6-5-7-19(15-17)25-22(27)20-8-3-4-9-21(20)23/h2-9,15,18,24H,1,10-14,16H2,(H,25,27). The number of halogens is 1. The molecular weight excluding hydrogens is 358 g/mol. The number of hydrogen-bond donors (Lipinski definition) is 2. The van der Waals surface area contributed by atoms with Crippen molar-refractivity contribution in [2.45, 2.75) is 25.4 Å². The number of hydrogen-bond acceptors (Lipinski definition) is 3. The van der Waals surface area contributed by atoms with Gasteiger partial charge >= 0.3 is 0 Å². The molecule has 27 heavy (non-hydrogen) atoms. The molecule has 0 radical (unpaired) electrons. The first-order valence-electron chi connectivity index (χ1n) is 9.37. The van der Waals surface area contributed by atoms with Gasteiger partial charge in [0.15, 0.2) is 0 Å². The van der Waals surface area contributed by atoms with Crippen LogP contribution < -0.4 is 10.6 Å². The Morgan fingerprint density at radius 2 is 1.96 bits per heavy atom. The van der Waals surface area contributed by atoms with Crippen LogP contribution in [-0.4, -0.2) is 36.5 Å². The molecule has 1 fully saturated rings. The zero-order valence-electron chi connectivity index (χ0n) is 15.5. The Kier molecular flexibility index (Phi) is 7.04. The maximum Gasteiger partial charge on any atom is 0.257 e. The molecule has 2 aromatic rings. The summed E-state index contributed by atoms with van der Waals surface area (Å²) < 4.78 is 0. The van der Waals surface area contributed by atoms with Crippen molar-refractivity contribution < 1.29 is 4.79 Å². The average molecular weight is 384 g/mol. The van der Waals surface area contributed by atoms with Crippen molar-refractivity contribution in [3.05, 3.63) is 77.3 Å². The Labute approximate surface area is 166 Å². The van der Waals surface area contributed by atoms with Crippen molar-refractivity contribution in [2.24, 2.45) is 0 Å². The summed E-state index contributed by atoms with van der Waals surface area (Å²) in [4.78, 5) is 14.8. The lowest BCUT2D eigenvalue weighted by Gasteiger charge is -2.31. The van der Waals surface area contributed by atoms with E-state index in [1.54, 1.807) is 12.1 Å². The van der Waals surface area contributed by atoms with E-state index in [-0.39, 0.29) is 5.91 Å². The fourth-order valence-corrected chi connectivity index (χ4v) is 3.59. The van der Waals surface area contributed by atoms with Crippen LogP contribution in [0.5, 0.6) is 0 Å². The van der Waals surface area contributed by atoms with Crippen molar-refractivity contribution >= 4 is 23.2 Å². The summed E-state index contributed by atoms with van der Waals surface area (Å²) in [7, 11) is 0. The van der Waals surface area contributed by atoms with E-state index < -0.39 is 0 Å². The Bertz CT molecular complexity index is 785. The lowest BCUT2D eigenvalue weighted by atomic mass is 10.0. The molecule has 1 aliphatic heterocycles. The Hall–Kier alpha value is -2.14. The third-order valence-corrected chi connectivity index (χ3v) is 5.20. The number of rotatable bonds is 7. The molecule has 3 rings (SSSR count). The highest BCUT2D eigenvalue weighted by Crippen LogP contribution is 2.18. The third-order valence-electron chi connectivity index (χ3n) is 4.87. The van der Waals surface area contributed by atoms with Gasteiger partial charge in [0.2, 0.25) is 0 Å². The van der Waals surface area contributed by atoms with Crippen molar-refractivity contribution in [3.8, 4) is 0 Å². The maximum atomic E-state index is 12.4. The van der Waals surface area contributed by atoms with Crippen LogP contribution in [0.2, 0.25) is 5.02 Å². The van der Waals surface area contributed by atoms with Gasteiger partial charge in [-0.15, -0.1) is 6.58 Å². The molecule has 0 bridgehead atoms. The Balaban J connectivity index is 1.53. The largest absolute Gasteiger partial charge is 0.322 e. The molecule has 0 aliphatic carbocycles. The summed E-state index contributed by atoms with van der Waals surface area (Å²) in [5.41, 5.74) is 2.41. The molecule has 2 aromatic carbocycles. The van der Waals surface area contributed by atoms with Gasteiger partial charge in [-0.1, -0.05) is 41.9 Å². The van der Waals surface area contributed by atoms with Crippen LogP contribution in [0.1, 0.15) is 28.8 Å². The molecule has 1 heterocycles. The highest BCUT2D eigenvalue weighted by atomic mass is 35.5. The zero-order chi connectivity index (χ0) is 19.1. The number of nitrogens with one attached hydrogen (secondary N) is 2. The molecule has 0 unspecified atom stereocenters. The molecule has 0 aromatic heterocycles. The second-order valence-corrected chi connectivity index (χ2v) is 7.29. The molecule has 1 amide bonds. The van der Waals surface area contributed by atoms with E-state index in [4.69, 9.17) is 11.6 Å². The first-order chi connectivity index (χ1) is 13.2. The van der Waals surface area contributed by atoms with E-state index in [2.05, 4.69) is 28.2 Å². The number of likely N-dealkylation sites (tertiary alicyclic amines) is 1. The van der Waals surface area contributed by atoms with Gasteiger partial charge in [0.05, 0.1) is 10.6 Å². The van der Waals surface area contributed by atoms with E-state index in [0.29, 0.717) is 16.6 Å². The summed E-state index contributed by atoms with van der Waals surface area (Å²) in [5.74, 6) is -0.194. The average Bonchev–Trinajstić information content (AvgIpc) is 2.68. The molecule has 5 heteroatoms. The van der Waals surface area contributed by atoms with Crippen LogP contribution >= 0.6 is 11.6 Å². The van der Waals surface area contributed by atoms with Crippen molar-refractivity contribution in [1.29, 1.82) is 0 Å². The van der Waals surface area contributed by atoms with Gasteiger partial charge in [-0.05, 0) is 55.8 Å². The van der Waals surface area contributed by atoms with Gasteiger partial charge in [-0.3, -0.25) is 9.69 Å². The summed E-state index contributed by atoms with van der Waals surface area (Å²) >= 11 is 6.10. The molecule has 0 saturated carbocycles. The molecule has 142 valence electrons. The maximum absolute atomic E-state index is 12.4. The minimum absolute atomic E-state index is 0.194. The molecule has 4 nitrogen and oxygen atoms in total. The Morgan fingerprint density at radius 1 is 1.19 bits per heavy atom. The van der Waals surface area contributed by atoms with Crippen molar-refractivity contribution in [2.75, 3.05) is 25.0 Å². The van der Waals surface area contributed by atoms with E-state index in [1.165, 1.54) is 0 Å². The first-order valence-corrected chi connectivity index (χ1v) is 9.75. The highest BCUT2D eigenvalue weighted by Gasteiger charge is 2.17. The number of anilines is 1. The zero-order valence-corrected chi connectivity index (χ0v) is 16.2. The number of amides is 1. The monoisotopic (exact) mass is 383 g/mol. The Morgan fingerprint density at radius 3 is 2.70 bits per heavy atom. The number of piperidine rings is 1. The van der Waals surface area contributed by atoms with Crippen LogP contribution in [0.15, 0.2) is 61.2 Å². The lowest BCUT2D eigenvalue weighted by molar-refractivity contribution is 0.102. The van der Waals surface area contributed by atoms with E-state index in [1.807, 2.05) is 36.4 Å². The summed E-state index contributed by atoms with van der Waals surface area (Å²) in [6.45, 7) is 7.79. The number of carbonyl (C=O) groups is 1. The van der Waals surface area contributed by atoms with Gasteiger partial charge in [-0.25, -0.2) is 0 Å². The van der Waals surface area contributed by atoms with Gasteiger partial charge in [0, 0.05) is 24.8 Å². The first kappa shape index (κ1) is 19.6. The second-order valence-electron chi connectivity index (χ2n) is 6.88. The van der Waals surface area contributed by atoms with Crippen LogP contribution in [0.25, 0.3) is 0 Å². The summed E-state index contributed by atoms with van der Waals surface area (Å²) in [5, 5.41) is 7.02. The smallest absolute Gasteiger partial charge is 0.257 e. The molecule has 0 atom stereocenters. The highest BCUT2D eigenvalue weighted by molar-refractivity contribution is 6.34. The predicted octanol–water partition coefficient (Wildman–Crippen LogP) is 4.33. The van der Waals surface area contributed by atoms with Crippen molar-refractivity contribution in [3.63, 3.8) is 0 Å². The van der Waals surface area contributed by atoms with Crippen LogP contribution in [0.4, 0.5) is 5.69 Å². The van der Waals surface area contributed by atoms with Gasteiger partial charge in [0.25, 0.3) is 5.91 Å². The molecule has 2 N–H and O–H groups in total. The molecule has 1 saturated heterocycles. The minimum Gasteiger partial charge on any atom is -0.322 e. The lowest BCUT2D eigenvalue weighted by Crippen LogP contribution is -2.42. The van der Waals surface area contributed by atoms with E-state index in [9.17, 15) is 4.79 Å². The SMILES string of the molecule is C=CCN1CCC(NCc2cccc(NC(=O)c3ccccc3Cl)c2)CC1. The predicted molar refractivity (Wildman–Crippen MR) is 112 cm³/mol. The molecule has 0 spiro atoms. The van der Waals surface area contributed by atoms with Crippen LogP contribution in [-0.2, 0) is 6.54 Å². The quantitative estimate of drug-likeness (QED) is 0.699. The molecular formula is C22H26ClN3O. The van der Waals surface area contributed by atoms with Gasteiger partial charge in [-0.2, -0.15) is 0 Å². The van der Waals surface area contributed by atoms with Crippen LogP contribution in [0.3, 0.4) is 0 Å². The fraction of sp³-hybridized carbons (Fsp3) is 0.318. The van der Waals surface area contributed by atoms with E-state index >= 15 is 0 Å². The van der Waals surface area contributed by atoms with Crippen LogP contribution in [0, 0.1) is 0 Å². The number of benzene rings is 2. The topological polar surface area (TPSA) is 44.4 Å². The summed E-state index contributed by atoms with van der Waals surface area (Å²) in [6.07, 6.45) is 4.27. The number of nitrogens with zero attached hydrogens (tertiary/aromatic N) is 1. The summed E-state index contributed by atoms with van der Waals surface area (Å²) in [6, 6.07) is 15.5. The van der Waals surface area contributed by atoms with Gasteiger partial charge in [0.1, 0.15) is 0 Å². The van der Waals surface area contributed by atoms with Gasteiger partial charge < -0.3 is 10.6 Å².